The Morgan fingerprint density at radius 3 is 2.73 bits per heavy atom. The lowest BCUT2D eigenvalue weighted by Crippen LogP contribution is -2.50. The Bertz CT molecular complexity index is 147. The van der Waals surface area contributed by atoms with Crippen LogP contribution in [0.15, 0.2) is 0 Å². The van der Waals surface area contributed by atoms with Gasteiger partial charge in [-0.2, -0.15) is 0 Å². The average molecular weight is 177 g/mol. The second-order valence-corrected chi connectivity index (χ2v) is 4.52. The first-order chi connectivity index (χ1) is 5.18. The summed E-state index contributed by atoms with van der Waals surface area (Å²) in [5, 5.41) is 3.33. The molecule has 2 unspecified atom stereocenters. The van der Waals surface area contributed by atoms with E-state index in [1.807, 2.05) is 0 Å². The Morgan fingerprint density at radius 2 is 2.36 bits per heavy atom. The van der Waals surface area contributed by atoms with Crippen molar-refractivity contribution in [3.8, 4) is 0 Å². The average Bonchev–Trinajstić information content (AvgIpc) is 1.77. The minimum Gasteiger partial charge on any atom is -0.378 e. The number of nitrogens with one attached hydrogen (secondary N) is 1. The summed E-state index contributed by atoms with van der Waals surface area (Å²) in [6.07, 6.45) is 1.73. The summed E-state index contributed by atoms with van der Waals surface area (Å²) in [4.78, 5) is 0. The van der Waals surface area contributed by atoms with Gasteiger partial charge in [-0.3, -0.25) is 4.21 Å². The minimum absolute atomic E-state index is 0.342. The molecular weight excluding hydrogens is 162 g/mol. The molecule has 11 heavy (non-hydrogen) atoms. The highest BCUT2D eigenvalue weighted by Crippen LogP contribution is 2.01. The molecule has 1 aliphatic heterocycles. The van der Waals surface area contributed by atoms with Crippen LogP contribution in [0.5, 0.6) is 0 Å². The molecule has 66 valence electrons. The molecule has 0 spiro atoms. The van der Waals surface area contributed by atoms with Crippen LogP contribution in [0.25, 0.3) is 0 Å². The minimum atomic E-state index is -0.693. The van der Waals surface area contributed by atoms with Crippen molar-refractivity contribution in [1.82, 2.24) is 5.32 Å². The lowest BCUT2D eigenvalue weighted by molar-refractivity contribution is -0.00810. The van der Waals surface area contributed by atoms with Gasteiger partial charge >= 0.3 is 0 Å². The predicted molar refractivity (Wildman–Crippen MR) is 46.1 cm³/mol. The van der Waals surface area contributed by atoms with Crippen molar-refractivity contribution in [2.45, 2.75) is 19.0 Å². The van der Waals surface area contributed by atoms with Crippen LogP contribution in [0.2, 0.25) is 0 Å². The van der Waals surface area contributed by atoms with Crippen LogP contribution in [0, 0.1) is 0 Å². The lowest BCUT2D eigenvalue weighted by Gasteiger charge is -2.29. The van der Waals surface area contributed by atoms with Crippen molar-refractivity contribution in [3.05, 3.63) is 0 Å². The van der Waals surface area contributed by atoms with Crippen LogP contribution in [0.4, 0.5) is 0 Å². The second kappa shape index (κ2) is 4.18. The van der Waals surface area contributed by atoms with Crippen LogP contribution in [-0.4, -0.2) is 41.5 Å². The highest BCUT2D eigenvalue weighted by atomic mass is 32.2. The van der Waals surface area contributed by atoms with Gasteiger partial charge in [-0.1, -0.05) is 0 Å². The van der Waals surface area contributed by atoms with Crippen molar-refractivity contribution in [3.63, 3.8) is 0 Å². The third kappa shape index (κ3) is 3.31. The maximum Gasteiger partial charge on any atom is 0.0643 e. The summed E-state index contributed by atoms with van der Waals surface area (Å²) in [5.41, 5.74) is 0. The highest BCUT2D eigenvalue weighted by Gasteiger charge is 2.19. The molecule has 0 aromatic heterocycles. The van der Waals surface area contributed by atoms with E-state index < -0.39 is 10.8 Å². The SMILES string of the molecule is CC(CS(C)=O)NC1COC1. The maximum atomic E-state index is 10.8. The number of hydrogen-bond donors (Lipinski definition) is 1. The van der Waals surface area contributed by atoms with Gasteiger partial charge in [0.2, 0.25) is 0 Å². The molecule has 0 saturated carbocycles. The van der Waals surface area contributed by atoms with Crippen LogP contribution in [0.1, 0.15) is 6.92 Å². The van der Waals surface area contributed by atoms with Crippen LogP contribution in [0.3, 0.4) is 0 Å². The normalized spacial score (nSPS) is 24.2. The molecular formula is C7H15NO2S. The van der Waals surface area contributed by atoms with Crippen molar-refractivity contribution < 1.29 is 8.95 Å². The van der Waals surface area contributed by atoms with Gasteiger partial charge in [-0.25, -0.2) is 0 Å². The van der Waals surface area contributed by atoms with Gasteiger partial charge in [0.15, 0.2) is 0 Å². The van der Waals surface area contributed by atoms with Crippen LogP contribution < -0.4 is 5.32 Å². The monoisotopic (exact) mass is 177 g/mol. The van der Waals surface area contributed by atoms with E-state index in [0.29, 0.717) is 12.1 Å². The van der Waals surface area contributed by atoms with Gasteiger partial charge in [0, 0.05) is 28.9 Å². The summed E-state index contributed by atoms with van der Waals surface area (Å²) in [7, 11) is -0.693. The van der Waals surface area contributed by atoms with E-state index in [9.17, 15) is 4.21 Å². The van der Waals surface area contributed by atoms with Gasteiger partial charge in [0.1, 0.15) is 0 Å². The number of hydrogen-bond acceptors (Lipinski definition) is 3. The topological polar surface area (TPSA) is 38.3 Å². The van der Waals surface area contributed by atoms with E-state index in [-0.39, 0.29) is 0 Å². The standard InChI is InChI=1S/C7H15NO2S/c1-6(5-11(2)9)8-7-3-10-4-7/h6-8H,3-5H2,1-2H3. The predicted octanol–water partition coefficient (Wildman–Crippen LogP) is -0.258. The molecule has 1 N–H and O–H groups in total. The molecule has 1 heterocycles. The molecule has 0 bridgehead atoms. The molecule has 1 saturated heterocycles. The number of ether oxygens (including phenoxy) is 1. The molecule has 1 fully saturated rings. The van der Waals surface area contributed by atoms with E-state index in [1.165, 1.54) is 0 Å². The Kier molecular flexibility index (Phi) is 3.48. The summed E-state index contributed by atoms with van der Waals surface area (Å²) < 4.78 is 15.8. The third-order valence-corrected chi connectivity index (χ3v) is 2.61. The Hall–Kier alpha value is 0.0700. The molecule has 1 aliphatic rings. The first-order valence-electron chi connectivity index (χ1n) is 3.82. The fourth-order valence-corrected chi connectivity index (χ4v) is 1.93. The fourth-order valence-electron chi connectivity index (χ4n) is 1.13. The summed E-state index contributed by atoms with van der Waals surface area (Å²) >= 11 is 0. The van der Waals surface area contributed by atoms with Crippen LogP contribution in [-0.2, 0) is 15.5 Å². The molecule has 4 heteroatoms. The van der Waals surface area contributed by atoms with E-state index in [0.717, 1.165) is 19.0 Å². The fraction of sp³-hybridized carbons (Fsp3) is 1.00. The summed E-state index contributed by atoms with van der Waals surface area (Å²) in [6.45, 7) is 3.67. The van der Waals surface area contributed by atoms with E-state index in [2.05, 4.69) is 12.2 Å². The molecule has 0 radical (unpaired) electrons. The highest BCUT2D eigenvalue weighted by molar-refractivity contribution is 7.84. The summed E-state index contributed by atoms with van der Waals surface area (Å²) in [6, 6.07) is 0.836. The zero-order valence-corrected chi connectivity index (χ0v) is 7.82. The van der Waals surface area contributed by atoms with Gasteiger partial charge < -0.3 is 10.1 Å². The van der Waals surface area contributed by atoms with Crippen molar-refractivity contribution in [1.29, 1.82) is 0 Å². The Morgan fingerprint density at radius 1 is 1.73 bits per heavy atom. The van der Waals surface area contributed by atoms with Gasteiger partial charge in [-0.15, -0.1) is 0 Å². The second-order valence-electron chi connectivity index (χ2n) is 3.04. The molecule has 0 amide bonds. The summed E-state index contributed by atoms with van der Waals surface area (Å²) in [5.74, 6) is 0.733. The molecule has 0 aromatic rings. The largest absolute Gasteiger partial charge is 0.378 e. The molecule has 3 nitrogen and oxygen atoms in total. The van der Waals surface area contributed by atoms with Crippen molar-refractivity contribution in [2.24, 2.45) is 0 Å². The van der Waals surface area contributed by atoms with Gasteiger partial charge in [0.25, 0.3) is 0 Å². The first-order valence-corrected chi connectivity index (χ1v) is 5.55. The van der Waals surface area contributed by atoms with Gasteiger partial charge in [-0.05, 0) is 6.92 Å². The Balaban J connectivity index is 2.09. The maximum absolute atomic E-state index is 10.8. The third-order valence-electron chi connectivity index (χ3n) is 1.64. The van der Waals surface area contributed by atoms with E-state index >= 15 is 0 Å². The molecule has 1 rings (SSSR count). The Labute approximate surface area is 70.0 Å². The lowest BCUT2D eigenvalue weighted by atomic mass is 10.2. The first kappa shape index (κ1) is 9.16. The van der Waals surface area contributed by atoms with Crippen LogP contribution >= 0.6 is 0 Å². The number of rotatable bonds is 4. The molecule has 0 aliphatic carbocycles. The quantitative estimate of drug-likeness (QED) is 0.643. The zero-order valence-electron chi connectivity index (χ0n) is 7.00. The van der Waals surface area contributed by atoms with E-state index in [4.69, 9.17) is 4.74 Å². The van der Waals surface area contributed by atoms with Crippen molar-refractivity contribution in [2.75, 3.05) is 25.2 Å². The van der Waals surface area contributed by atoms with E-state index in [1.54, 1.807) is 6.26 Å². The molecule has 0 aromatic carbocycles. The molecule has 2 atom stereocenters. The zero-order chi connectivity index (χ0) is 8.27. The van der Waals surface area contributed by atoms with Crippen molar-refractivity contribution >= 4 is 10.8 Å². The smallest absolute Gasteiger partial charge is 0.0643 e. The van der Waals surface area contributed by atoms with Gasteiger partial charge in [0.05, 0.1) is 19.3 Å².